The molecule has 0 saturated carbocycles. The maximum Gasteiger partial charge on any atom is 0.238 e. The van der Waals surface area contributed by atoms with Gasteiger partial charge in [0, 0.05) is 38.4 Å². The number of hydrogen-bond acceptors (Lipinski definition) is 3. The standard InChI is InChI=1S/C46H41B4N5/c1-28(48)36(49)26-35(37(50)27-47)45-51-44(30-16-6-3-7-17-30)52-46(53-45)55-39-22-12-9-19-32(39)33-24-25-41-42(43(33)55)34-20-10-13-23-40(34)54(41)38-21-11-8-18-31(38)29-14-4-2-5-15-29/h2-10,12-20,22-25,36H,1,11,21,26-27,47-50H2/b37-35-. The molecule has 0 bridgehead atoms. The highest BCUT2D eigenvalue weighted by Gasteiger charge is 2.25. The zero-order valence-corrected chi connectivity index (χ0v) is 32.1. The average Bonchev–Trinajstić information content (AvgIpc) is 3.76. The van der Waals surface area contributed by atoms with Crippen molar-refractivity contribution >= 4 is 91.8 Å². The maximum atomic E-state index is 5.45. The van der Waals surface area contributed by atoms with E-state index in [1.54, 1.807) is 0 Å². The zero-order chi connectivity index (χ0) is 37.6. The summed E-state index contributed by atoms with van der Waals surface area (Å²) in [5.74, 6) is 2.29. The summed E-state index contributed by atoms with van der Waals surface area (Å²) >= 11 is 0. The summed E-state index contributed by atoms with van der Waals surface area (Å²) in [5.41, 5.74) is 12.9. The first-order valence-electron chi connectivity index (χ1n) is 19.5. The fourth-order valence-electron chi connectivity index (χ4n) is 8.24. The smallest absolute Gasteiger partial charge is 0.238 e. The molecule has 9 rings (SSSR count). The normalized spacial score (nSPS) is 14.3. The fourth-order valence-corrected chi connectivity index (χ4v) is 8.24. The molecular formula is C46H41B4N5. The van der Waals surface area contributed by atoms with Crippen LogP contribution in [0.5, 0.6) is 0 Å². The fraction of sp³-hybridized carbons (Fsp3) is 0.109. The number of rotatable bonds is 9. The van der Waals surface area contributed by atoms with Crippen LogP contribution in [-0.4, -0.2) is 55.5 Å². The third kappa shape index (κ3) is 5.99. The van der Waals surface area contributed by atoms with Crippen LogP contribution in [0.15, 0.2) is 151 Å². The molecule has 0 N–H and O–H groups in total. The lowest BCUT2D eigenvalue weighted by atomic mass is 9.67. The Kier molecular flexibility index (Phi) is 9.01. The molecule has 262 valence electrons. The highest BCUT2D eigenvalue weighted by Crippen LogP contribution is 2.44. The third-order valence-electron chi connectivity index (χ3n) is 11.5. The Bertz CT molecular complexity index is 2890. The molecule has 1 aliphatic carbocycles. The van der Waals surface area contributed by atoms with E-state index in [2.05, 4.69) is 162 Å². The Labute approximate surface area is 325 Å². The van der Waals surface area contributed by atoms with Crippen molar-refractivity contribution in [2.45, 2.75) is 31.4 Å². The van der Waals surface area contributed by atoms with E-state index in [-0.39, 0.29) is 5.82 Å². The molecule has 5 aromatic carbocycles. The van der Waals surface area contributed by atoms with Crippen molar-refractivity contribution in [1.82, 2.24) is 24.1 Å². The van der Waals surface area contributed by atoms with Gasteiger partial charge in [-0.15, -0.1) is 17.5 Å². The van der Waals surface area contributed by atoms with Gasteiger partial charge < -0.3 is 4.57 Å². The number of nitrogens with zero attached hydrogens (tertiary/aromatic N) is 5. The van der Waals surface area contributed by atoms with E-state index in [9.17, 15) is 0 Å². The zero-order valence-electron chi connectivity index (χ0n) is 32.1. The van der Waals surface area contributed by atoms with Crippen LogP contribution in [0.3, 0.4) is 0 Å². The first-order chi connectivity index (χ1) is 26.9. The predicted octanol–water partition coefficient (Wildman–Crippen LogP) is 7.82. The first-order valence-corrected chi connectivity index (χ1v) is 19.5. The second-order valence-electron chi connectivity index (χ2n) is 14.9. The van der Waals surface area contributed by atoms with Gasteiger partial charge in [0.2, 0.25) is 5.95 Å². The number of aromatic nitrogens is 5. The molecule has 1 atom stereocenters. The van der Waals surface area contributed by atoms with Gasteiger partial charge in [0.15, 0.2) is 11.6 Å². The number of hydrogen-bond donors (Lipinski definition) is 0. The number of fused-ring (bicyclic) bond motifs is 7. The minimum absolute atomic E-state index is 0.278. The molecular weight excluding hydrogens is 666 g/mol. The van der Waals surface area contributed by atoms with Gasteiger partial charge in [-0.3, -0.25) is 4.57 Å². The van der Waals surface area contributed by atoms with E-state index in [1.165, 1.54) is 54.9 Å². The van der Waals surface area contributed by atoms with Crippen molar-refractivity contribution in [1.29, 1.82) is 0 Å². The summed E-state index contributed by atoms with van der Waals surface area (Å²) in [4.78, 5) is 16.0. The second kappa shape index (κ2) is 14.3. The van der Waals surface area contributed by atoms with E-state index in [4.69, 9.17) is 15.0 Å². The highest BCUT2D eigenvalue weighted by atomic mass is 15.2. The van der Waals surface area contributed by atoms with E-state index < -0.39 is 0 Å². The highest BCUT2D eigenvalue weighted by molar-refractivity contribution is 6.32. The first kappa shape index (κ1) is 34.7. The van der Waals surface area contributed by atoms with Gasteiger partial charge in [0.25, 0.3) is 0 Å². The Hall–Kier alpha value is -6.07. The number of para-hydroxylation sites is 2. The van der Waals surface area contributed by atoms with Crippen molar-refractivity contribution in [3.8, 4) is 17.3 Å². The summed E-state index contributed by atoms with van der Waals surface area (Å²) in [5, 5.41) is 4.74. The minimum atomic E-state index is 0.278. The Morgan fingerprint density at radius 2 is 1.35 bits per heavy atom. The predicted molar refractivity (Wildman–Crippen MR) is 244 cm³/mol. The summed E-state index contributed by atoms with van der Waals surface area (Å²) < 4.78 is 4.81. The minimum Gasteiger partial charge on any atom is -0.312 e. The molecule has 0 radical (unpaired) electrons. The van der Waals surface area contributed by atoms with Gasteiger partial charge >= 0.3 is 0 Å². The van der Waals surface area contributed by atoms with Crippen LogP contribution in [0.4, 0.5) is 0 Å². The molecule has 5 nitrogen and oxygen atoms in total. The van der Waals surface area contributed by atoms with Gasteiger partial charge in [-0.25, -0.2) is 4.98 Å². The quantitative estimate of drug-likeness (QED) is 0.144. The molecule has 0 aliphatic heterocycles. The molecule has 1 aliphatic rings. The second-order valence-corrected chi connectivity index (χ2v) is 14.9. The Balaban J connectivity index is 1.41. The largest absolute Gasteiger partial charge is 0.312 e. The molecule has 0 fully saturated rings. The van der Waals surface area contributed by atoms with Crippen molar-refractivity contribution in [3.05, 3.63) is 162 Å². The van der Waals surface area contributed by atoms with E-state index in [0.29, 0.717) is 11.8 Å². The maximum absolute atomic E-state index is 5.45. The lowest BCUT2D eigenvalue weighted by molar-refractivity contribution is 0.913. The number of allylic oxidation sites excluding steroid dienone is 7. The van der Waals surface area contributed by atoms with Crippen LogP contribution >= 0.6 is 0 Å². The van der Waals surface area contributed by atoms with Gasteiger partial charge in [-0.05, 0) is 48.6 Å². The molecule has 8 aromatic rings. The van der Waals surface area contributed by atoms with Gasteiger partial charge in [-0.2, -0.15) is 9.97 Å². The Morgan fingerprint density at radius 3 is 2.05 bits per heavy atom. The lowest BCUT2D eigenvalue weighted by Crippen LogP contribution is -2.11. The molecule has 0 spiro atoms. The lowest BCUT2D eigenvalue weighted by Gasteiger charge is -2.20. The van der Waals surface area contributed by atoms with Crippen LogP contribution < -0.4 is 0 Å². The van der Waals surface area contributed by atoms with Crippen molar-refractivity contribution in [2.75, 3.05) is 0 Å². The van der Waals surface area contributed by atoms with E-state index in [1.807, 2.05) is 18.2 Å². The van der Waals surface area contributed by atoms with Crippen molar-refractivity contribution in [2.24, 2.45) is 0 Å². The van der Waals surface area contributed by atoms with Crippen LogP contribution in [-0.2, 0) is 0 Å². The van der Waals surface area contributed by atoms with Gasteiger partial charge in [-0.1, -0.05) is 127 Å². The molecule has 3 aromatic heterocycles. The van der Waals surface area contributed by atoms with Crippen LogP contribution in [0.2, 0.25) is 12.1 Å². The van der Waals surface area contributed by atoms with Gasteiger partial charge in [0.1, 0.15) is 31.4 Å². The topological polar surface area (TPSA) is 48.5 Å². The molecule has 0 saturated heterocycles. The third-order valence-corrected chi connectivity index (χ3v) is 11.5. The number of benzene rings is 5. The summed E-state index contributed by atoms with van der Waals surface area (Å²) in [7, 11) is 8.77. The molecule has 3 heterocycles. The average molecular weight is 707 g/mol. The summed E-state index contributed by atoms with van der Waals surface area (Å²) in [6.45, 7) is 4.30. The summed E-state index contributed by atoms with van der Waals surface area (Å²) in [6, 6.07) is 43.2. The Morgan fingerprint density at radius 1 is 0.691 bits per heavy atom. The monoisotopic (exact) mass is 707 g/mol. The van der Waals surface area contributed by atoms with Gasteiger partial charge in [0.05, 0.1) is 22.1 Å². The van der Waals surface area contributed by atoms with Crippen LogP contribution in [0, 0.1) is 0 Å². The molecule has 55 heavy (non-hydrogen) atoms. The van der Waals surface area contributed by atoms with E-state index >= 15 is 0 Å². The van der Waals surface area contributed by atoms with E-state index in [0.717, 1.165) is 59.0 Å². The molecule has 9 heteroatoms. The van der Waals surface area contributed by atoms with Crippen molar-refractivity contribution < 1.29 is 0 Å². The van der Waals surface area contributed by atoms with Crippen molar-refractivity contribution in [3.63, 3.8) is 0 Å². The summed E-state index contributed by atoms with van der Waals surface area (Å²) in [6.07, 6.45) is 8.27. The molecule has 1 unspecified atom stereocenters. The molecule has 0 amide bonds. The van der Waals surface area contributed by atoms with Crippen LogP contribution in [0.25, 0.3) is 77.8 Å². The van der Waals surface area contributed by atoms with Crippen LogP contribution in [0.1, 0.15) is 30.7 Å². The SMILES string of the molecule is BC/C(B)=C(\CC(B)C(B)=C)c1nc(-c2ccccc2)nc(-n2c3ccccc3c3ccc4c(c5ccccc5n4C4=C(c5ccccc5)C=CCC4)c32)n1.